The van der Waals surface area contributed by atoms with E-state index in [0.29, 0.717) is 0 Å². The van der Waals surface area contributed by atoms with Gasteiger partial charge in [-0.3, -0.25) is 0 Å². The zero-order chi connectivity index (χ0) is 31.4. The standard InChI is InChI=1S/C46H37NO/c1-2-8-35(9-3-1)47(36-17-14-31(15-18-36)32-16-21-45-41(27-32)39-11-5-7-13-44(39)48-45)37-19-20-43-40(28-37)38-10-4-6-12-42(38)46(43)33-23-29-22-30(25-33)26-34(46)24-29/h1-21,27-30,33-34H,22-26H2. The average Bonchev–Trinajstić information content (AvgIpc) is 3.65. The van der Waals surface area contributed by atoms with E-state index in [1.54, 1.807) is 11.1 Å². The van der Waals surface area contributed by atoms with E-state index in [-0.39, 0.29) is 5.41 Å². The zero-order valence-electron chi connectivity index (χ0n) is 27.0. The third-order valence-corrected chi connectivity index (χ3v) is 12.6. The molecule has 2 heteroatoms. The van der Waals surface area contributed by atoms with Crippen molar-refractivity contribution in [2.45, 2.75) is 37.5 Å². The van der Waals surface area contributed by atoms with Crippen LogP contribution in [0.4, 0.5) is 17.1 Å². The third-order valence-electron chi connectivity index (χ3n) is 12.6. The minimum absolute atomic E-state index is 0.193. The van der Waals surface area contributed by atoms with Gasteiger partial charge in [0.1, 0.15) is 11.2 Å². The SMILES string of the molecule is c1ccc(N(c2ccc(-c3ccc4oc5ccccc5c4c3)cc2)c2ccc3c(c2)-c2ccccc2C32C3CC4CC(C3)CC2C4)cc1. The molecule has 232 valence electrons. The molecule has 0 atom stereocenters. The lowest BCUT2D eigenvalue weighted by molar-refractivity contribution is -0.0399. The highest BCUT2D eigenvalue weighted by Crippen LogP contribution is 2.69. The Hall–Kier alpha value is -5.08. The second kappa shape index (κ2) is 9.97. The van der Waals surface area contributed by atoms with E-state index in [1.165, 1.54) is 65.7 Å². The smallest absolute Gasteiger partial charge is 0.135 e. The summed E-state index contributed by atoms with van der Waals surface area (Å²) in [5.41, 5.74) is 14.1. The fourth-order valence-corrected chi connectivity index (χ4v) is 11.0. The number of fused-ring (bicyclic) bond motifs is 6. The minimum atomic E-state index is 0.193. The van der Waals surface area contributed by atoms with E-state index < -0.39 is 0 Å². The first kappa shape index (κ1) is 26.9. The Kier molecular flexibility index (Phi) is 5.59. The van der Waals surface area contributed by atoms with Gasteiger partial charge in [-0.2, -0.15) is 0 Å². The number of rotatable bonds is 4. The van der Waals surface area contributed by atoms with Gasteiger partial charge in [0.05, 0.1) is 0 Å². The molecule has 1 aromatic heterocycles. The Morgan fingerprint density at radius 1 is 0.458 bits per heavy atom. The first-order valence-electron chi connectivity index (χ1n) is 17.9. The molecule has 12 rings (SSSR count). The zero-order valence-corrected chi connectivity index (χ0v) is 27.0. The van der Waals surface area contributed by atoms with Crippen LogP contribution in [0.1, 0.15) is 43.2 Å². The molecule has 7 aromatic rings. The number of hydrogen-bond donors (Lipinski definition) is 0. The summed E-state index contributed by atoms with van der Waals surface area (Å²) in [5, 5.41) is 2.32. The van der Waals surface area contributed by atoms with Crippen molar-refractivity contribution >= 4 is 39.0 Å². The van der Waals surface area contributed by atoms with Gasteiger partial charge in [0.25, 0.3) is 0 Å². The van der Waals surface area contributed by atoms with Gasteiger partial charge in [0, 0.05) is 33.2 Å². The van der Waals surface area contributed by atoms with Gasteiger partial charge in [-0.05, 0) is 144 Å². The van der Waals surface area contributed by atoms with Crippen LogP contribution in [-0.2, 0) is 5.41 Å². The number of nitrogens with zero attached hydrogens (tertiary/aromatic N) is 1. The van der Waals surface area contributed by atoms with Gasteiger partial charge in [0.15, 0.2) is 0 Å². The lowest BCUT2D eigenvalue weighted by atomic mass is 9.43. The van der Waals surface area contributed by atoms with Crippen LogP contribution in [0.25, 0.3) is 44.2 Å². The molecule has 4 bridgehead atoms. The van der Waals surface area contributed by atoms with E-state index in [2.05, 4.69) is 132 Å². The highest BCUT2D eigenvalue weighted by Gasteiger charge is 2.61. The van der Waals surface area contributed by atoms with Crippen LogP contribution in [0.2, 0.25) is 0 Å². The molecule has 5 aliphatic rings. The summed E-state index contributed by atoms with van der Waals surface area (Å²) >= 11 is 0. The summed E-state index contributed by atoms with van der Waals surface area (Å²) in [6, 6.07) is 51.7. The minimum Gasteiger partial charge on any atom is -0.456 e. The van der Waals surface area contributed by atoms with Crippen LogP contribution < -0.4 is 4.90 Å². The lowest BCUT2D eigenvalue weighted by Gasteiger charge is -2.61. The predicted molar refractivity (Wildman–Crippen MR) is 197 cm³/mol. The lowest BCUT2D eigenvalue weighted by Crippen LogP contribution is -2.55. The molecule has 48 heavy (non-hydrogen) atoms. The summed E-state index contributed by atoms with van der Waals surface area (Å²) in [6.07, 6.45) is 7.13. The number of benzene rings is 6. The molecule has 0 aliphatic heterocycles. The Balaban J connectivity index is 1.02. The fourth-order valence-electron chi connectivity index (χ4n) is 11.0. The molecule has 0 amide bonds. The van der Waals surface area contributed by atoms with Crippen molar-refractivity contribution in [1.29, 1.82) is 0 Å². The molecule has 0 saturated heterocycles. The van der Waals surface area contributed by atoms with Gasteiger partial charge < -0.3 is 9.32 Å². The predicted octanol–water partition coefficient (Wildman–Crippen LogP) is 12.4. The van der Waals surface area contributed by atoms with Crippen molar-refractivity contribution in [1.82, 2.24) is 0 Å². The third kappa shape index (κ3) is 3.69. The molecule has 0 unspecified atom stereocenters. The Labute approximate surface area is 281 Å². The molecular weight excluding hydrogens is 583 g/mol. The summed E-state index contributed by atoms with van der Waals surface area (Å²) in [4.78, 5) is 2.43. The van der Waals surface area contributed by atoms with Gasteiger partial charge in [-0.15, -0.1) is 0 Å². The maximum absolute atomic E-state index is 6.10. The Morgan fingerprint density at radius 2 is 1.08 bits per heavy atom. The van der Waals surface area contributed by atoms with Crippen LogP contribution in [0.15, 0.2) is 144 Å². The normalized spacial score (nSPS) is 24.8. The molecule has 0 radical (unpaired) electrons. The van der Waals surface area contributed by atoms with Gasteiger partial charge >= 0.3 is 0 Å². The van der Waals surface area contributed by atoms with Crippen LogP contribution in [0.5, 0.6) is 0 Å². The van der Waals surface area contributed by atoms with Crippen LogP contribution in [0, 0.1) is 23.7 Å². The molecule has 1 heterocycles. The maximum Gasteiger partial charge on any atom is 0.135 e. The summed E-state index contributed by atoms with van der Waals surface area (Å²) in [7, 11) is 0. The number of hydrogen-bond acceptors (Lipinski definition) is 2. The molecule has 4 fully saturated rings. The molecule has 0 N–H and O–H groups in total. The van der Waals surface area contributed by atoms with Crippen molar-refractivity contribution in [2.24, 2.45) is 23.7 Å². The monoisotopic (exact) mass is 619 g/mol. The van der Waals surface area contributed by atoms with Crippen molar-refractivity contribution in [2.75, 3.05) is 4.90 Å². The van der Waals surface area contributed by atoms with Crippen molar-refractivity contribution in [3.8, 4) is 22.3 Å². The van der Waals surface area contributed by atoms with Crippen molar-refractivity contribution in [3.05, 3.63) is 151 Å². The van der Waals surface area contributed by atoms with Gasteiger partial charge in [-0.1, -0.05) is 84.9 Å². The number of furan rings is 1. The topological polar surface area (TPSA) is 16.4 Å². The fraction of sp³-hybridized carbons (Fsp3) is 0.217. The van der Waals surface area contributed by atoms with Crippen LogP contribution in [-0.4, -0.2) is 0 Å². The Morgan fingerprint density at radius 3 is 1.90 bits per heavy atom. The Bertz CT molecular complexity index is 2340. The van der Waals surface area contributed by atoms with Gasteiger partial charge in [-0.25, -0.2) is 0 Å². The van der Waals surface area contributed by atoms with Crippen LogP contribution >= 0.6 is 0 Å². The van der Waals surface area contributed by atoms with E-state index in [9.17, 15) is 0 Å². The molecular formula is C46H37NO. The quantitative estimate of drug-likeness (QED) is 0.195. The molecule has 1 spiro atoms. The highest BCUT2D eigenvalue weighted by atomic mass is 16.3. The summed E-state index contributed by atoms with van der Waals surface area (Å²) < 4.78 is 6.10. The molecule has 2 nitrogen and oxygen atoms in total. The largest absolute Gasteiger partial charge is 0.456 e. The molecule has 6 aromatic carbocycles. The van der Waals surface area contributed by atoms with Crippen LogP contribution in [0.3, 0.4) is 0 Å². The van der Waals surface area contributed by atoms with Crippen molar-refractivity contribution in [3.63, 3.8) is 0 Å². The summed E-state index contributed by atoms with van der Waals surface area (Å²) in [6.45, 7) is 0. The second-order valence-corrected chi connectivity index (χ2v) is 15.0. The first-order chi connectivity index (χ1) is 23.7. The van der Waals surface area contributed by atoms with E-state index in [0.717, 1.165) is 51.3 Å². The van der Waals surface area contributed by atoms with E-state index in [4.69, 9.17) is 4.42 Å². The van der Waals surface area contributed by atoms with E-state index >= 15 is 0 Å². The second-order valence-electron chi connectivity index (χ2n) is 15.0. The van der Waals surface area contributed by atoms with Gasteiger partial charge in [0.2, 0.25) is 0 Å². The summed E-state index contributed by atoms with van der Waals surface area (Å²) in [5.74, 6) is 3.45. The maximum atomic E-state index is 6.10. The molecule has 5 aliphatic carbocycles. The molecule has 4 saturated carbocycles. The average molecular weight is 620 g/mol. The number of anilines is 3. The number of para-hydroxylation sites is 2. The highest BCUT2D eigenvalue weighted by molar-refractivity contribution is 6.06. The first-order valence-corrected chi connectivity index (χ1v) is 17.9. The van der Waals surface area contributed by atoms with Crippen molar-refractivity contribution < 1.29 is 4.42 Å². The van der Waals surface area contributed by atoms with E-state index in [1.807, 2.05) is 12.1 Å².